The average Bonchev–Trinajstić information content (AvgIpc) is 2.29. The molecule has 1 aromatic rings. The van der Waals surface area contributed by atoms with Gasteiger partial charge in [0.15, 0.2) is 0 Å². The Morgan fingerprint density at radius 2 is 1.39 bits per heavy atom. The second kappa shape index (κ2) is 12.0. The molecule has 1 N–H and O–H groups in total. The molecule has 23 heavy (non-hydrogen) atoms. The van der Waals surface area contributed by atoms with Crippen LogP contribution in [0.25, 0.3) is 0 Å². The fourth-order valence-electron chi connectivity index (χ4n) is 1.85. The maximum Gasteiger partial charge on any atom is 0.132 e. The van der Waals surface area contributed by atoms with Gasteiger partial charge in [-0.1, -0.05) is 38.1 Å². The first-order chi connectivity index (χ1) is 10.3. The minimum absolute atomic E-state index is 0.0255. The molecule has 0 atom stereocenters. The van der Waals surface area contributed by atoms with Crippen molar-refractivity contribution in [1.29, 1.82) is 0 Å². The van der Waals surface area contributed by atoms with Crippen LogP contribution in [-0.2, 0) is 9.59 Å². The summed E-state index contributed by atoms with van der Waals surface area (Å²) < 4.78 is 0. The van der Waals surface area contributed by atoms with E-state index in [1.54, 1.807) is 20.8 Å². The molecule has 0 aliphatic rings. The standard InChI is InChI=1S/C8H10.C6H12O2.C6H12O/c1-7-5-3-4-6-8(7)2;1-5(7)4-6(2,3)8;1-5(2)4-6(3)7/h3-6H,1-2H3;8H,4H2,1-3H3;5H,4H2,1-3H3. The average molecular weight is 322 g/mol. The third kappa shape index (κ3) is 20.5. The molecule has 0 unspecified atom stereocenters. The zero-order chi connectivity index (χ0) is 18.6. The number of benzene rings is 1. The summed E-state index contributed by atoms with van der Waals surface area (Å²) in [6, 6.07) is 8.36. The smallest absolute Gasteiger partial charge is 0.132 e. The molecule has 0 heterocycles. The van der Waals surface area contributed by atoms with Crippen LogP contribution in [0.3, 0.4) is 0 Å². The molecule has 1 rings (SSSR count). The van der Waals surface area contributed by atoms with Crippen molar-refractivity contribution >= 4 is 11.6 Å². The van der Waals surface area contributed by atoms with Crippen LogP contribution in [0.2, 0.25) is 0 Å². The molecule has 0 aliphatic carbocycles. The molecule has 0 radical (unpaired) electrons. The minimum atomic E-state index is -0.828. The molecule has 3 heteroatoms. The van der Waals surface area contributed by atoms with Crippen LogP contribution in [0.4, 0.5) is 0 Å². The number of carbonyl (C=O) groups is 2. The molecule has 0 saturated carbocycles. The van der Waals surface area contributed by atoms with Crippen LogP contribution in [-0.4, -0.2) is 22.3 Å². The summed E-state index contributed by atoms with van der Waals surface area (Å²) in [4.78, 5) is 20.6. The van der Waals surface area contributed by atoms with Gasteiger partial charge in [0.25, 0.3) is 0 Å². The van der Waals surface area contributed by atoms with Crippen molar-refractivity contribution in [2.24, 2.45) is 5.92 Å². The summed E-state index contributed by atoms with van der Waals surface area (Å²) in [6.07, 6.45) is 0.965. The summed E-state index contributed by atoms with van der Waals surface area (Å²) in [7, 11) is 0. The van der Waals surface area contributed by atoms with E-state index >= 15 is 0 Å². The molecule has 0 aromatic heterocycles. The summed E-state index contributed by atoms with van der Waals surface area (Å²) in [6.45, 7) is 14.7. The number of Topliss-reactive ketones (excluding diaryl/α,β-unsaturated/α-hetero) is 2. The van der Waals surface area contributed by atoms with Gasteiger partial charge in [0.1, 0.15) is 11.6 Å². The van der Waals surface area contributed by atoms with Gasteiger partial charge in [-0.25, -0.2) is 0 Å². The van der Waals surface area contributed by atoms with Gasteiger partial charge in [-0.15, -0.1) is 0 Å². The van der Waals surface area contributed by atoms with E-state index in [-0.39, 0.29) is 18.0 Å². The number of rotatable bonds is 4. The highest BCUT2D eigenvalue weighted by atomic mass is 16.3. The first-order valence-corrected chi connectivity index (χ1v) is 8.08. The number of hydrogen-bond acceptors (Lipinski definition) is 3. The van der Waals surface area contributed by atoms with Gasteiger partial charge >= 0.3 is 0 Å². The van der Waals surface area contributed by atoms with Gasteiger partial charge in [-0.05, 0) is 58.6 Å². The van der Waals surface area contributed by atoms with Crippen LogP contribution in [0.15, 0.2) is 24.3 Å². The highest BCUT2D eigenvalue weighted by Crippen LogP contribution is 2.06. The molecular weight excluding hydrogens is 288 g/mol. The van der Waals surface area contributed by atoms with Crippen LogP contribution in [0, 0.1) is 19.8 Å². The Morgan fingerprint density at radius 3 is 1.48 bits per heavy atom. The molecule has 1 aromatic carbocycles. The summed E-state index contributed by atoms with van der Waals surface area (Å²) in [5, 5.41) is 8.97. The Bertz CT molecular complexity index is 447. The number of aryl methyl sites for hydroxylation is 2. The van der Waals surface area contributed by atoms with Gasteiger partial charge < -0.3 is 9.90 Å². The Morgan fingerprint density at radius 1 is 1.00 bits per heavy atom. The van der Waals surface area contributed by atoms with Crippen molar-refractivity contribution in [3.8, 4) is 0 Å². The van der Waals surface area contributed by atoms with E-state index in [9.17, 15) is 9.59 Å². The predicted octanol–water partition coefficient (Wildman–Crippen LogP) is 4.66. The lowest BCUT2D eigenvalue weighted by atomic mass is 10.0. The second-order valence-electron chi connectivity index (χ2n) is 7.08. The van der Waals surface area contributed by atoms with Gasteiger partial charge in [0, 0.05) is 12.8 Å². The second-order valence-corrected chi connectivity index (χ2v) is 7.08. The predicted molar refractivity (Wildman–Crippen MR) is 97.6 cm³/mol. The minimum Gasteiger partial charge on any atom is -0.390 e. The summed E-state index contributed by atoms with van der Waals surface area (Å²) >= 11 is 0. The first-order valence-electron chi connectivity index (χ1n) is 8.08. The van der Waals surface area contributed by atoms with E-state index in [1.165, 1.54) is 18.1 Å². The summed E-state index contributed by atoms with van der Waals surface area (Å²) in [5.41, 5.74) is 1.91. The normalized spacial score (nSPS) is 10.2. The lowest BCUT2D eigenvalue weighted by Gasteiger charge is -2.13. The Labute approximate surface area is 142 Å². The highest BCUT2D eigenvalue weighted by molar-refractivity contribution is 5.76. The van der Waals surface area contributed by atoms with Crippen molar-refractivity contribution in [3.63, 3.8) is 0 Å². The first kappa shape index (κ1) is 23.8. The monoisotopic (exact) mass is 322 g/mol. The third-order valence-corrected chi connectivity index (χ3v) is 2.80. The number of hydrogen-bond donors (Lipinski definition) is 1. The largest absolute Gasteiger partial charge is 0.390 e. The van der Waals surface area contributed by atoms with Gasteiger partial charge in [0.2, 0.25) is 0 Å². The fourth-order valence-corrected chi connectivity index (χ4v) is 1.85. The number of ketones is 2. The lowest BCUT2D eigenvalue weighted by molar-refractivity contribution is -0.121. The van der Waals surface area contributed by atoms with Crippen molar-refractivity contribution < 1.29 is 14.7 Å². The maximum absolute atomic E-state index is 10.3. The number of carbonyl (C=O) groups excluding carboxylic acids is 2. The molecular formula is C20H34O3. The van der Waals surface area contributed by atoms with Gasteiger partial charge in [-0.3, -0.25) is 4.79 Å². The number of aliphatic hydroxyl groups is 1. The summed E-state index contributed by atoms with van der Waals surface area (Å²) in [5.74, 6) is 0.838. The molecule has 0 spiro atoms. The van der Waals surface area contributed by atoms with Crippen LogP contribution >= 0.6 is 0 Å². The fraction of sp³-hybridized carbons (Fsp3) is 0.600. The lowest BCUT2D eigenvalue weighted by Crippen LogP contribution is -2.21. The highest BCUT2D eigenvalue weighted by Gasteiger charge is 2.13. The molecule has 0 amide bonds. The van der Waals surface area contributed by atoms with E-state index in [0.717, 1.165) is 6.42 Å². The molecule has 0 aliphatic heterocycles. The topological polar surface area (TPSA) is 54.4 Å². The van der Waals surface area contributed by atoms with Gasteiger partial charge in [-0.2, -0.15) is 0 Å². The SMILES string of the molecule is CC(=O)CC(C)(C)O.CC(=O)CC(C)C.Cc1ccccc1C. The van der Waals surface area contributed by atoms with Crippen LogP contribution < -0.4 is 0 Å². The Kier molecular flexibility index (Phi) is 12.4. The van der Waals surface area contributed by atoms with Crippen molar-refractivity contribution in [3.05, 3.63) is 35.4 Å². The van der Waals surface area contributed by atoms with E-state index in [1.807, 2.05) is 13.8 Å². The Hall–Kier alpha value is -1.48. The van der Waals surface area contributed by atoms with E-state index < -0.39 is 5.60 Å². The maximum atomic E-state index is 10.3. The molecule has 132 valence electrons. The van der Waals surface area contributed by atoms with E-state index in [2.05, 4.69) is 38.1 Å². The zero-order valence-corrected chi connectivity index (χ0v) is 16.1. The molecule has 3 nitrogen and oxygen atoms in total. The Balaban J connectivity index is 0. The van der Waals surface area contributed by atoms with E-state index in [0.29, 0.717) is 5.92 Å². The quantitative estimate of drug-likeness (QED) is 0.877. The van der Waals surface area contributed by atoms with Crippen LogP contribution in [0.5, 0.6) is 0 Å². The van der Waals surface area contributed by atoms with Crippen molar-refractivity contribution in [2.45, 2.75) is 73.8 Å². The van der Waals surface area contributed by atoms with E-state index in [4.69, 9.17) is 5.11 Å². The molecule has 0 saturated heterocycles. The van der Waals surface area contributed by atoms with Crippen LogP contribution in [0.1, 0.15) is 65.5 Å². The van der Waals surface area contributed by atoms with Crippen molar-refractivity contribution in [2.75, 3.05) is 0 Å². The zero-order valence-electron chi connectivity index (χ0n) is 16.1. The molecule has 0 fully saturated rings. The molecule has 0 bridgehead atoms. The third-order valence-electron chi connectivity index (χ3n) is 2.80. The van der Waals surface area contributed by atoms with Gasteiger partial charge in [0.05, 0.1) is 5.60 Å². The van der Waals surface area contributed by atoms with Crippen molar-refractivity contribution in [1.82, 2.24) is 0 Å².